The molecular formula is C25H27N3O5. The molecule has 0 saturated heterocycles. The summed E-state index contributed by atoms with van der Waals surface area (Å²) in [6, 6.07) is 12.6. The molecule has 8 nitrogen and oxygen atoms in total. The summed E-state index contributed by atoms with van der Waals surface area (Å²) in [5.74, 6) is -0.872. The lowest BCUT2D eigenvalue weighted by molar-refractivity contribution is -0.146. The van der Waals surface area contributed by atoms with E-state index in [0.717, 1.165) is 22.3 Å². The predicted octanol–water partition coefficient (Wildman–Crippen LogP) is 2.94. The smallest absolute Gasteiger partial charge is 0.329 e. The van der Waals surface area contributed by atoms with E-state index < -0.39 is 12.1 Å². The van der Waals surface area contributed by atoms with Crippen LogP contribution in [0.5, 0.6) is 0 Å². The van der Waals surface area contributed by atoms with E-state index in [1.165, 1.54) is 6.92 Å². The predicted molar refractivity (Wildman–Crippen MR) is 125 cm³/mol. The van der Waals surface area contributed by atoms with Crippen LogP contribution in [0.15, 0.2) is 47.3 Å². The van der Waals surface area contributed by atoms with Crippen molar-refractivity contribution >= 4 is 34.4 Å². The van der Waals surface area contributed by atoms with Gasteiger partial charge in [-0.2, -0.15) is 0 Å². The first-order valence-electron chi connectivity index (χ1n) is 11.1. The fourth-order valence-corrected chi connectivity index (χ4v) is 4.42. The van der Waals surface area contributed by atoms with Gasteiger partial charge in [-0.3, -0.25) is 23.5 Å². The standard InChI is InChI=1S/C25H27N3O5/c1-4-26-21-7-5-6-8-22(21)28(25(26)32)14-12-23(30)33-16(2)24(31)19-9-10-20-18(15-19)11-13-27(20)17(3)29/h5-10,15-16H,4,11-14H2,1-3H3/t16-/m1/s1. The molecule has 0 radical (unpaired) electrons. The quantitative estimate of drug-likeness (QED) is 0.409. The Morgan fingerprint density at radius 1 is 1.06 bits per heavy atom. The van der Waals surface area contributed by atoms with E-state index in [-0.39, 0.29) is 30.3 Å². The molecule has 0 N–H and O–H groups in total. The number of nitrogens with zero attached hydrogens (tertiary/aromatic N) is 3. The van der Waals surface area contributed by atoms with Crippen molar-refractivity contribution in [2.24, 2.45) is 0 Å². The summed E-state index contributed by atoms with van der Waals surface area (Å²) in [7, 11) is 0. The fraction of sp³-hybridized carbons (Fsp3) is 0.360. The number of esters is 1. The van der Waals surface area contributed by atoms with E-state index in [0.29, 0.717) is 25.1 Å². The summed E-state index contributed by atoms with van der Waals surface area (Å²) in [4.78, 5) is 51.4. The Balaban J connectivity index is 1.41. The highest BCUT2D eigenvalue weighted by molar-refractivity contribution is 6.01. The van der Waals surface area contributed by atoms with Crippen LogP contribution in [0, 0.1) is 0 Å². The van der Waals surface area contributed by atoms with Crippen molar-refractivity contribution in [3.63, 3.8) is 0 Å². The van der Waals surface area contributed by atoms with E-state index >= 15 is 0 Å². The molecule has 8 heteroatoms. The highest BCUT2D eigenvalue weighted by Crippen LogP contribution is 2.29. The normalized spacial score (nSPS) is 13.7. The lowest BCUT2D eigenvalue weighted by Gasteiger charge is -2.16. The van der Waals surface area contributed by atoms with Crippen molar-refractivity contribution in [1.82, 2.24) is 9.13 Å². The van der Waals surface area contributed by atoms with Crippen LogP contribution in [0.2, 0.25) is 0 Å². The number of benzene rings is 2. The molecule has 1 aromatic heterocycles. The lowest BCUT2D eigenvalue weighted by atomic mass is 10.0. The summed E-state index contributed by atoms with van der Waals surface area (Å²) in [5, 5.41) is 0. The molecule has 3 aromatic rings. The van der Waals surface area contributed by atoms with Gasteiger partial charge >= 0.3 is 11.7 Å². The summed E-state index contributed by atoms with van der Waals surface area (Å²) in [6.45, 7) is 6.27. The minimum atomic E-state index is -0.949. The maximum atomic E-state index is 12.8. The van der Waals surface area contributed by atoms with E-state index in [2.05, 4.69) is 0 Å². The second-order valence-corrected chi connectivity index (χ2v) is 8.18. The molecule has 0 unspecified atom stereocenters. The molecule has 4 rings (SSSR count). The number of rotatable bonds is 7. The van der Waals surface area contributed by atoms with Crippen molar-refractivity contribution in [2.75, 3.05) is 11.4 Å². The minimum absolute atomic E-state index is 0.0208. The third-order valence-corrected chi connectivity index (χ3v) is 6.10. The highest BCUT2D eigenvalue weighted by atomic mass is 16.5. The van der Waals surface area contributed by atoms with Gasteiger partial charge in [0.15, 0.2) is 6.10 Å². The molecule has 0 spiro atoms. The zero-order valence-corrected chi connectivity index (χ0v) is 19.0. The maximum Gasteiger partial charge on any atom is 0.329 e. The second-order valence-electron chi connectivity index (χ2n) is 8.18. The van der Waals surface area contributed by atoms with E-state index in [4.69, 9.17) is 4.74 Å². The zero-order valence-electron chi connectivity index (χ0n) is 19.0. The molecular weight excluding hydrogens is 422 g/mol. The average molecular weight is 450 g/mol. The Morgan fingerprint density at radius 2 is 1.76 bits per heavy atom. The van der Waals surface area contributed by atoms with Crippen LogP contribution in [-0.2, 0) is 33.8 Å². The third-order valence-electron chi connectivity index (χ3n) is 6.10. The zero-order chi connectivity index (χ0) is 23.7. The van der Waals surface area contributed by atoms with Gasteiger partial charge in [0.1, 0.15) is 0 Å². The van der Waals surface area contributed by atoms with Crippen LogP contribution < -0.4 is 10.6 Å². The van der Waals surface area contributed by atoms with E-state index in [1.54, 1.807) is 39.2 Å². The number of hydrogen-bond acceptors (Lipinski definition) is 5. The van der Waals surface area contributed by atoms with Gasteiger partial charge in [-0.1, -0.05) is 12.1 Å². The number of carbonyl (C=O) groups is 3. The first-order chi connectivity index (χ1) is 15.8. The van der Waals surface area contributed by atoms with Gasteiger partial charge in [0.25, 0.3) is 0 Å². The summed E-state index contributed by atoms with van der Waals surface area (Å²) in [5.41, 5.74) is 3.61. The van der Waals surface area contributed by atoms with Gasteiger partial charge in [-0.25, -0.2) is 4.79 Å². The van der Waals surface area contributed by atoms with Crippen molar-refractivity contribution in [2.45, 2.75) is 52.8 Å². The van der Waals surface area contributed by atoms with Gasteiger partial charge in [0, 0.05) is 37.8 Å². The Bertz CT molecular complexity index is 1300. The van der Waals surface area contributed by atoms with Crippen LogP contribution in [-0.4, -0.2) is 39.4 Å². The van der Waals surface area contributed by atoms with Crippen LogP contribution in [0.25, 0.3) is 11.0 Å². The molecule has 1 amide bonds. The molecule has 172 valence electrons. The molecule has 0 aliphatic carbocycles. The molecule has 0 bridgehead atoms. The first kappa shape index (κ1) is 22.5. The van der Waals surface area contributed by atoms with Crippen molar-refractivity contribution in [3.05, 3.63) is 64.1 Å². The van der Waals surface area contributed by atoms with Crippen LogP contribution in [0.4, 0.5) is 5.69 Å². The summed E-state index contributed by atoms with van der Waals surface area (Å²) in [6.07, 6.45) is -0.285. The lowest BCUT2D eigenvalue weighted by Crippen LogP contribution is -2.27. The fourth-order valence-electron chi connectivity index (χ4n) is 4.42. The molecule has 2 aromatic carbocycles. The van der Waals surface area contributed by atoms with Crippen LogP contribution >= 0.6 is 0 Å². The Morgan fingerprint density at radius 3 is 2.42 bits per heavy atom. The molecule has 33 heavy (non-hydrogen) atoms. The van der Waals surface area contributed by atoms with Gasteiger partial charge in [-0.05, 0) is 56.2 Å². The number of aromatic nitrogens is 2. The van der Waals surface area contributed by atoms with Gasteiger partial charge < -0.3 is 9.64 Å². The number of fused-ring (bicyclic) bond motifs is 2. The molecule has 1 atom stereocenters. The largest absolute Gasteiger partial charge is 0.454 e. The number of hydrogen-bond donors (Lipinski definition) is 0. The molecule has 1 aliphatic rings. The SMILES string of the molecule is CCn1c(=O)n(CCC(=O)O[C@H](C)C(=O)c2ccc3c(c2)CCN3C(C)=O)c2ccccc21. The number of ketones is 1. The minimum Gasteiger partial charge on any atom is -0.454 e. The highest BCUT2D eigenvalue weighted by Gasteiger charge is 2.25. The molecule has 1 aliphatic heterocycles. The number of amides is 1. The Kier molecular flexibility index (Phi) is 6.18. The maximum absolute atomic E-state index is 12.8. The molecule has 0 fully saturated rings. The van der Waals surface area contributed by atoms with E-state index in [1.807, 2.05) is 31.2 Å². The Hall–Kier alpha value is -3.68. The van der Waals surface area contributed by atoms with Crippen molar-refractivity contribution in [3.8, 4) is 0 Å². The van der Waals surface area contributed by atoms with Crippen LogP contribution in [0.3, 0.4) is 0 Å². The second kappa shape index (κ2) is 9.05. The van der Waals surface area contributed by atoms with Crippen LogP contribution in [0.1, 0.15) is 43.1 Å². The average Bonchev–Trinajstić information content (AvgIpc) is 3.34. The van der Waals surface area contributed by atoms with Gasteiger partial charge in [-0.15, -0.1) is 0 Å². The number of carbonyl (C=O) groups excluding carboxylic acids is 3. The molecule has 2 heterocycles. The number of imidazole rings is 1. The Labute approximate surface area is 191 Å². The number of para-hydroxylation sites is 2. The van der Waals surface area contributed by atoms with Gasteiger partial charge in [0.2, 0.25) is 11.7 Å². The summed E-state index contributed by atoms with van der Waals surface area (Å²) < 4.78 is 8.60. The van der Waals surface area contributed by atoms with Crippen molar-refractivity contribution in [1.29, 1.82) is 0 Å². The monoisotopic (exact) mass is 449 g/mol. The number of anilines is 1. The summed E-state index contributed by atoms with van der Waals surface area (Å²) >= 11 is 0. The van der Waals surface area contributed by atoms with Gasteiger partial charge in [0.05, 0.1) is 17.5 Å². The number of ether oxygens (including phenoxy) is 1. The molecule has 0 saturated carbocycles. The third kappa shape index (κ3) is 4.20. The number of aryl methyl sites for hydroxylation is 2. The van der Waals surface area contributed by atoms with Crippen molar-refractivity contribution < 1.29 is 19.1 Å². The topological polar surface area (TPSA) is 90.6 Å². The van der Waals surface area contributed by atoms with E-state index in [9.17, 15) is 19.2 Å². The number of Topliss-reactive ketones (excluding diaryl/α,β-unsaturated/α-hetero) is 1. The first-order valence-corrected chi connectivity index (χ1v) is 11.1.